The number of terminal acetylenes is 1. The molecule has 0 aliphatic heterocycles. The molecule has 0 amide bonds. The van der Waals surface area contributed by atoms with Crippen molar-refractivity contribution >= 4 is 10.9 Å². The summed E-state index contributed by atoms with van der Waals surface area (Å²) in [5.41, 5.74) is 4.68. The minimum Gasteiger partial charge on any atom is -0.481 e. The lowest BCUT2D eigenvalue weighted by Gasteiger charge is -2.15. The Morgan fingerprint density at radius 3 is 2.48 bits per heavy atom. The van der Waals surface area contributed by atoms with E-state index in [0.717, 1.165) is 29.3 Å². The number of nitrogens with zero attached hydrogens (tertiary/aromatic N) is 2. The summed E-state index contributed by atoms with van der Waals surface area (Å²) in [5.74, 6) is 3.60. The summed E-state index contributed by atoms with van der Waals surface area (Å²) in [6, 6.07) is 24.3. The molecule has 1 aromatic heterocycles. The van der Waals surface area contributed by atoms with Crippen LogP contribution in [0.2, 0.25) is 0 Å². The molecule has 3 aromatic carbocycles. The molecule has 0 atom stereocenters. The number of hydrogen-bond acceptors (Lipinski definition) is 3. The van der Waals surface area contributed by atoms with Crippen LogP contribution >= 0.6 is 0 Å². The van der Waals surface area contributed by atoms with Crippen LogP contribution in [0.3, 0.4) is 0 Å². The second kappa shape index (κ2) is 10.2. The predicted octanol–water partition coefficient (Wildman–Crippen LogP) is 5.83. The predicted molar refractivity (Wildman–Crippen MR) is 135 cm³/mol. The van der Waals surface area contributed by atoms with Gasteiger partial charge < -0.3 is 4.74 Å². The van der Waals surface area contributed by atoms with E-state index in [4.69, 9.17) is 11.2 Å². The van der Waals surface area contributed by atoms with Crippen LogP contribution in [0.4, 0.5) is 0 Å². The molecule has 0 bridgehead atoms. The van der Waals surface area contributed by atoms with E-state index in [-0.39, 0.29) is 12.3 Å². The zero-order valence-electron chi connectivity index (χ0n) is 19.1. The van der Waals surface area contributed by atoms with Gasteiger partial charge in [-0.25, -0.2) is 4.79 Å². The van der Waals surface area contributed by atoms with Crippen LogP contribution < -0.4 is 10.4 Å². The largest absolute Gasteiger partial charge is 0.481 e. The van der Waals surface area contributed by atoms with Crippen LogP contribution in [0.5, 0.6) is 5.75 Å². The Balaban J connectivity index is 1.74. The van der Waals surface area contributed by atoms with Crippen LogP contribution in [0, 0.1) is 12.3 Å². The molecular formula is C29H28N2O2. The molecule has 4 rings (SSSR count). The van der Waals surface area contributed by atoms with Gasteiger partial charge in [0.25, 0.3) is 0 Å². The first-order valence-corrected chi connectivity index (χ1v) is 11.3. The molecule has 0 fully saturated rings. The van der Waals surface area contributed by atoms with E-state index in [9.17, 15) is 4.79 Å². The van der Waals surface area contributed by atoms with Crippen LogP contribution in [-0.4, -0.2) is 16.2 Å². The summed E-state index contributed by atoms with van der Waals surface area (Å²) in [6.07, 6.45) is 7.11. The van der Waals surface area contributed by atoms with E-state index >= 15 is 0 Å². The van der Waals surface area contributed by atoms with Gasteiger partial charge in [-0.2, -0.15) is 4.98 Å². The van der Waals surface area contributed by atoms with E-state index < -0.39 is 0 Å². The molecule has 0 aliphatic carbocycles. The Kier molecular flexibility index (Phi) is 6.90. The van der Waals surface area contributed by atoms with E-state index in [1.807, 2.05) is 48.5 Å². The molecule has 33 heavy (non-hydrogen) atoms. The summed E-state index contributed by atoms with van der Waals surface area (Å²) in [5, 5.41) is 0.876. The zero-order valence-corrected chi connectivity index (χ0v) is 19.1. The number of aromatic nitrogens is 2. The summed E-state index contributed by atoms with van der Waals surface area (Å²) in [6.45, 7) is 5.10. The minimum atomic E-state index is -0.240. The zero-order chi connectivity index (χ0) is 23.2. The fraction of sp³-hybridized carbons (Fsp3) is 0.241. The second-order valence-electron chi connectivity index (χ2n) is 8.43. The third-order valence-electron chi connectivity index (χ3n) is 5.82. The first-order valence-electron chi connectivity index (χ1n) is 11.3. The van der Waals surface area contributed by atoms with Gasteiger partial charge in [0.15, 0.2) is 0 Å². The van der Waals surface area contributed by atoms with E-state index in [0.29, 0.717) is 23.9 Å². The van der Waals surface area contributed by atoms with Crippen molar-refractivity contribution in [3.63, 3.8) is 0 Å². The molecular weight excluding hydrogens is 408 g/mol. The Labute approximate surface area is 194 Å². The molecule has 0 spiro atoms. The maximum atomic E-state index is 13.1. The number of benzene rings is 3. The highest BCUT2D eigenvalue weighted by atomic mass is 16.5. The summed E-state index contributed by atoms with van der Waals surface area (Å²) >= 11 is 0. The van der Waals surface area contributed by atoms with Crippen molar-refractivity contribution in [2.45, 2.75) is 39.2 Å². The Morgan fingerprint density at radius 2 is 1.79 bits per heavy atom. The van der Waals surface area contributed by atoms with Crippen molar-refractivity contribution in [3.8, 4) is 29.4 Å². The highest BCUT2D eigenvalue weighted by Gasteiger charge is 2.14. The number of rotatable bonds is 8. The SMILES string of the molecule is C#CCOc1ccc2c(c1)c(-c1ccc(C(C)C)cc1)nc(=O)n2CCCc1ccccc1. The van der Waals surface area contributed by atoms with Gasteiger partial charge in [-0.1, -0.05) is 74.4 Å². The average molecular weight is 437 g/mol. The fourth-order valence-electron chi connectivity index (χ4n) is 4.02. The molecule has 0 radical (unpaired) electrons. The van der Waals surface area contributed by atoms with Crippen molar-refractivity contribution in [2.24, 2.45) is 0 Å². The van der Waals surface area contributed by atoms with Crippen molar-refractivity contribution in [3.05, 3.63) is 94.4 Å². The van der Waals surface area contributed by atoms with Crippen molar-refractivity contribution < 1.29 is 4.74 Å². The molecule has 4 nitrogen and oxygen atoms in total. The van der Waals surface area contributed by atoms with Crippen LogP contribution in [0.15, 0.2) is 77.6 Å². The average Bonchev–Trinajstić information content (AvgIpc) is 2.84. The molecule has 4 aromatic rings. The third-order valence-corrected chi connectivity index (χ3v) is 5.82. The normalized spacial score (nSPS) is 11.0. The van der Waals surface area contributed by atoms with Gasteiger partial charge in [0.2, 0.25) is 0 Å². The maximum Gasteiger partial charge on any atom is 0.348 e. The highest BCUT2D eigenvalue weighted by Crippen LogP contribution is 2.30. The number of hydrogen-bond donors (Lipinski definition) is 0. The van der Waals surface area contributed by atoms with Gasteiger partial charge in [0, 0.05) is 17.5 Å². The minimum absolute atomic E-state index is 0.189. The monoisotopic (exact) mass is 436 g/mol. The van der Waals surface area contributed by atoms with Crippen molar-refractivity contribution in [1.29, 1.82) is 0 Å². The van der Waals surface area contributed by atoms with Crippen LogP contribution in [0.1, 0.15) is 37.3 Å². The van der Waals surface area contributed by atoms with E-state index in [1.165, 1.54) is 11.1 Å². The fourth-order valence-corrected chi connectivity index (χ4v) is 4.02. The number of fused-ring (bicyclic) bond motifs is 1. The topological polar surface area (TPSA) is 44.1 Å². The summed E-state index contributed by atoms with van der Waals surface area (Å²) in [7, 11) is 0. The molecule has 4 heteroatoms. The Bertz CT molecular complexity index is 1330. The van der Waals surface area contributed by atoms with Gasteiger partial charge in [-0.15, -0.1) is 6.42 Å². The lowest BCUT2D eigenvalue weighted by Crippen LogP contribution is -2.24. The second-order valence-corrected chi connectivity index (χ2v) is 8.43. The lowest BCUT2D eigenvalue weighted by atomic mass is 9.99. The Morgan fingerprint density at radius 1 is 1.03 bits per heavy atom. The van der Waals surface area contributed by atoms with Gasteiger partial charge in [-0.3, -0.25) is 4.57 Å². The summed E-state index contributed by atoms with van der Waals surface area (Å²) < 4.78 is 7.42. The molecule has 1 heterocycles. The number of aryl methyl sites for hydroxylation is 2. The standard InChI is InChI=1S/C29H28N2O2/c1-4-19-33-25-16-17-27-26(20-25)28(24-14-12-23(13-15-24)21(2)3)30-29(32)31(27)18-8-11-22-9-6-5-7-10-22/h1,5-7,9-10,12-17,20-21H,8,11,18-19H2,2-3H3. The van der Waals surface area contributed by atoms with Crippen molar-refractivity contribution in [1.82, 2.24) is 9.55 Å². The third kappa shape index (κ3) is 5.15. The molecule has 0 aliphatic rings. The smallest absolute Gasteiger partial charge is 0.348 e. The van der Waals surface area contributed by atoms with E-state index in [1.54, 1.807) is 4.57 Å². The molecule has 0 unspecified atom stereocenters. The highest BCUT2D eigenvalue weighted by molar-refractivity contribution is 5.93. The van der Waals surface area contributed by atoms with E-state index in [2.05, 4.69) is 49.0 Å². The van der Waals surface area contributed by atoms with Gasteiger partial charge in [0.05, 0.1) is 11.2 Å². The van der Waals surface area contributed by atoms with Crippen LogP contribution in [-0.2, 0) is 13.0 Å². The van der Waals surface area contributed by atoms with Crippen LogP contribution in [0.25, 0.3) is 22.2 Å². The van der Waals surface area contributed by atoms with Gasteiger partial charge in [-0.05, 0) is 48.1 Å². The van der Waals surface area contributed by atoms with Gasteiger partial charge in [0.1, 0.15) is 12.4 Å². The lowest BCUT2D eigenvalue weighted by molar-refractivity contribution is 0.371. The molecule has 0 saturated heterocycles. The van der Waals surface area contributed by atoms with Crippen molar-refractivity contribution in [2.75, 3.05) is 6.61 Å². The Hall–Kier alpha value is -3.84. The molecule has 166 valence electrons. The molecule has 0 saturated carbocycles. The first kappa shape index (κ1) is 22.4. The first-order chi connectivity index (χ1) is 16.1. The number of ether oxygens (including phenoxy) is 1. The maximum absolute atomic E-state index is 13.1. The van der Waals surface area contributed by atoms with Gasteiger partial charge >= 0.3 is 5.69 Å². The quantitative estimate of drug-likeness (QED) is 0.326. The molecule has 0 N–H and O–H groups in total. The summed E-state index contributed by atoms with van der Waals surface area (Å²) in [4.78, 5) is 17.6.